The fourth-order valence-corrected chi connectivity index (χ4v) is 2.76. The molecule has 0 aliphatic carbocycles. The standard InChI is InChI=1S/C17H25NO2/c1-4-5-16-12-14(2)17(15(3)13-16)20-11-8-18-6-9-19-10-7-18/h4,12-13H,1,5-11H2,2-3H3/p+1. The minimum absolute atomic E-state index is 0.776. The first-order valence-corrected chi connectivity index (χ1v) is 7.46. The number of allylic oxidation sites excluding steroid dienone is 1. The lowest BCUT2D eigenvalue weighted by molar-refractivity contribution is -0.908. The summed E-state index contributed by atoms with van der Waals surface area (Å²) in [5.74, 6) is 1.05. The van der Waals surface area contributed by atoms with E-state index < -0.39 is 0 Å². The summed E-state index contributed by atoms with van der Waals surface area (Å²) in [7, 11) is 0. The van der Waals surface area contributed by atoms with Crippen LogP contribution in [0.5, 0.6) is 5.75 Å². The van der Waals surface area contributed by atoms with Gasteiger partial charge in [0.15, 0.2) is 0 Å². The number of aryl methyl sites for hydroxylation is 2. The van der Waals surface area contributed by atoms with Crippen LogP contribution < -0.4 is 9.64 Å². The van der Waals surface area contributed by atoms with Crippen molar-refractivity contribution in [2.24, 2.45) is 0 Å². The highest BCUT2D eigenvalue weighted by atomic mass is 16.5. The summed E-state index contributed by atoms with van der Waals surface area (Å²) in [6.07, 6.45) is 2.86. The van der Waals surface area contributed by atoms with E-state index in [0.717, 1.165) is 51.6 Å². The van der Waals surface area contributed by atoms with E-state index in [4.69, 9.17) is 9.47 Å². The van der Waals surface area contributed by atoms with Crippen molar-refractivity contribution in [2.75, 3.05) is 39.5 Å². The van der Waals surface area contributed by atoms with Crippen LogP contribution >= 0.6 is 0 Å². The first kappa shape index (κ1) is 15.1. The Morgan fingerprint density at radius 2 is 1.90 bits per heavy atom. The van der Waals surface area contributed by atoms with Gasteiger partial charge in [-0.3, -0.25) is 0 Å². The van der Waals surface area contributed by atoms with Crippen molar-refractivity contribution in [2.45, 2.75) is 20.3 Å². The number of benzene rings is 1. The molecule has 110 valence electrons. The molecule has 3 heteroatoms. The van der Waals surface area contributed by atoms with Gasteiger partial charge in [0.05, 0.1) is 13.2 Å². The summed E-state index contributed by atoms with van der Waals surface area (Å²) in [5, 5.41) is 0. The lowest BCUT2D eigenvalue weighted by Gasteiger charge is -2.24. The van der Waals surface area contributed by atoms with Crippen LogP contribution in [0.4, 0.5) is 0 Å². The molecular formula is C17H26NO2+. The average molecular weight is 276 g/mol. The molecule has 1 saturated heterocycles. The molecule has 0 saturated carbocycles. The molecule has 20 heavy (non-hydrogen) atoms. The Morgan fingerprint density at radius 3 is 2.50 bits per heavy atom. The molecule has 1 N–H and O–H groups in total. The van der Waals surface area contributed by atoms with Crippen LogP contribution in [0.15, 0.2) is 24.8 Å². The Morgan fingerprint density at radius 1 is 1.25 bits per heavy atom. The zero-order chi connectivity index (χ0) is 14.4. The first-order chi connectivity index (χ1) is 9.70. The van der Waals surface area contributed by atoms with Gasteiger partial charge in [-0.2, -0.15) is 0 Å². The Hall–Kier alpha value is -1.32. The van der Waals surface area contributed by atoms with E-state index in [1.54, 1.807) is 4.90 Å². The zero-order valence-corrected chi connectivity index (χ0v) is 12.7. The molecule has 1 aliphatic rings. The smallest absolute Gasteiger partial charge is 0.137 e. The molecule has 1 aromatic carbocycles. The molecule has 1 fully saturated rings. The Labute approximate surface area is 122 Å². The van der Waals surface area contributed by atoms with E-state index >= 15 is 0 Å². The first-order valence-electron chi connectivity index (χ1n) is 7.46. The molecule has 1 heterocycles. The normalized spacial score (nSPS) is 16.1. The van der Waals surface area contributed by atoms with E-state index in [1.165, 1.54) is 16.7 Å². The van der Waals surface area contributed by atoms with Gasteiger partial charge in [-0.05, 0) is 37.0 Å². The van der Waals surface area contributed by atoms with E-state index in [2.05, 4.69) is 32.6 Å². The number of quaternary nitrogens is 1. The van der Waals surface area contributed by atoms with Gasteiger partial charge in [-0.25, -0.2) is 0 Å². The summed E-state index contributed by atoms with van der Waals surface area (Å²) in [6, 6.07) is 4.40. The summed E-state index contributed by atoms with van der Waals surface area (Å²) in [5.41, 5.74) is 3.75. The van der Waals surface area contributed by atoms with Gasteiger partial charge in [0.1, 0.15) is 32.0 Å². The third-order valence-corrected chi connectivity index (χ3v) is 3.80. The molecule has 0 spiro atoms. The Balaban J connectivity index is 1.90. The number of hydrogen-bond acceptors (Lipinski definition) is 2. The average Bonchev–Trinajstić information content (AvgIpc) is 2.43. The lowest BCUT2D eigenvalue weighted by Crippen LogP contribution is -3.14. The molecule has 1 aliphatic heterocycles. The second-order valence-corrected chi connectivity index (χ2v) is 5.51. The van der Waals surface area contributed by atoms with Gasteiger partial charge < -0.3 is 14.4 Å². The number of hydrogen-bond donors (Lipinski definition) is 1. The largest absolute Gasteiger partial charge is 0.487 e. The van der Waals surface area contributed by atoms with Crippen molar-refractivity contribution >= 4 is 0 Å². The zero-order valence-electron chi connectivity index (χ0n) is 12.7. The topological polar surface area (TPSA) is 22.9 Å². The van der Waals surface area contributed by atoms with E-state index in [9.17, 15) is 0 Å². The van der Waals surface area contributed by atoms with Crippen LogP contribution in [0.1, 0.15) is 16.7 Å². The SMILES string of the molecule is C=CCc1cc(C)c(OCC[NH+]2CCOCC2)c(C)c1. The van der Waals surface area contributed by atoms with E-state index in [1.807, 2.05) is 6.08 Å². The molecule has 0 bridgehead atoms. The molecule has 3 nitrogen and oxygen atoms in total. The predicted molar refractivity (Wildman–Crippen MR) is 81.7 cm³/mol. The Kier molecular flexibility index (Phi) is 5.62. The number of rotatable bonds is 6. The molecule has 1 aromatic rings. The maximum absolute atomic E-state index is 6.02. The van der Waals surface area contributed by atoms with Crippen LogP contribution in [0.3, 0.4) is 0 Å². The van der Waals surface area contributed by atoms with E-state index in [-0.39, 0.29) is 0 Å². The Bertz CT molecular complexity index is 427. The maximum Gasteiger partial charge on any atom is 0.137 e. The summed E-state index contributed by atoms with van der Waals surface area (Å²) in [6.45, 7) is 13.8. The molecule has 0 amide bonds. The monoisotopic (exact) mass is 276 g/mol. The summed E-state index contributed by atoms with van der Waals surface area (Å²) in [4.78, 5) is 1.58. The second-order valence-electron chi connectivity index (χ2n) is 5.51. The number of ether oxygens (including phenoxy) is 2. The van der Waals surface area contributed by atoms with Crippen molar-refractivity contribution in [3.05, 3.63) is 41.5 Å². The fourth-order valence-electron chi connectivity index (χ4n) is 2.76. The van der Waals surface area contributed by atoms with Gasteiger partial charge in [0.2, 0.25) is 0 Å². The van der Waals surface area contributed by atoms with Gasteiger partial charge in [0, 0.05) is 0 Å². The molecule has 0 unspecified atom stereocenters. The maximum atomic E-state index is 6.02. The van der Waals surface area contributed by atoms with Crippen LogP contribution in [0.25, 0.3) is 0 Å². The van der Waals surface area contributed by atoms with Crippen molar-refractivity contribution < 1.29 is 14.4 Å². The van der Waals surface area contributed by atoms with E-state index in [0.29, 0.717) is 0 Å². The van der Waals surface area contributed by atoms with Crippen molar-refractivity contribution in [3.8, 4) is 5.75 Å². The minimum atomic E-state index is 0.776. The van der Waals surface area contributed by atoms with Gasteiger partial charge in [-0.1, -0.05) is 18.2 Å². The van der Waals surface area contributed by atoms with Crippen LogP contribution in [-0.4, -0.2) is 39.5 Å². The van der Waals surface area contributed by atoms with Gasteiger partial charge in [0.25, 0.3) is 0 Å². The number of nitrogens with one attached hydrogen (secondary N) is 1. The quantitative estimate of drug-likeness (QED) is 0.792. The van der Waals surface area contributed by atoms with Crippen molar-refractivity contribution in [1.29, 1.82) is 0 Å². The van der Waals surface area contributed by atoms with Crippen LogP contribution in [-0.2, 0) is 11.2 Å². The third-order valence-electron chi connectivity index (χ3n) is 3.80. The lowest BCUT2D eigenvalue weighted by atomic mass is 10.0. The van der Waals surface area contributed by atoms with Crippen molar-refractivity contribution in [1.82, 2.24) is 0 Å². The minimum Gasteiger partial charge on any atom is -0.487 e. The highest BCUT2D eigenvalue weighted by molar-refractivity contribution is 5.43. The molecule has 0 atom stereocenters. The summed E-state index contributed by atoms with van der Waals surface area (Å²) >= 11 is 0. The molecule has 2 rings (SSSR count). The summed E-state index contributed by atoms with van der Waals surface area (Å²) < 4.78 is 11.4. The third kappa shape index (κ3) is 4.09. The highest BCUT2D eigenvalue weighted by Gasteiger charge is 2.14. The van der Waals surface area contributed by atoms with Crippen molar-refractivity contribution in [3.63, 3.8) is 0 Å². The fraction of sp³-hybridized carbons (Fsp3) is 0.529. The number of morpholine rings is 1. The van der Waals surface area contributed by atoms with Gasteiger partial charge in [-0.15, -0.1) is 6.58 Å². The molecule has 0 radical (unpaired) electrons. The van der Waals surface area contributed by atoms with Crippen LogP contribution in [0, 0.1) is 13.8 Å². The predicted octanol–water partition coefficient (Wildman–Crippen LogP) is 1.33. The second kappa shape index (κ2) is 7.46. The van der Waals surface area contributed by atoms with Gasteiger partial charge >= 0.3 is 0 Å². The molecule has 0 aromatic heterocycles. The highest BCUT2D eigenvalue weighted by Crippen LogP contribution is 2.25. The van der Waals surface area contributed by atoms with Crippen LogP contribution in [0.2, 0.25) is 0 Å². The molecular weight excluding hydrogens is 250 g/mol.